The maximum atomic E-state index is 9.54. The first kappa shape index (κ1) is 29.9. The summed E-state index contributed by atoms with van der Waals surface area (Å²) in [5, 5.41) is 23.0. The molecular weight excluding hydrogens is 587 g/mol. The van der Waals surface area contributed by atoms with Crippen LogP contribution in [0.3, 0.4) is 0 Å². The van der Waals surface area contributed by atoms with Crippen molar-refractivity contribution in [3.05, 3.63) is 179 Å². The quantitative estimate of drug-likeness (QED) is 0.165. The van der Waals surface area contributed by atoms with Crippen molar-refractivity contribution in [1.29, 1.82) is 0 Å². The van der Waals surface area contributed by atoms with Gasteiger partial charge in [0.2, 0.25) is 0 Å². The molecule has 0 radical (unpaired) electrons. The lowest BCUT2D eigenvalue weighted by Gasteiger charge is -2.37. The highest BCUT2D eigenvalue weighted by atomic mass is 16.4. The van der Waals surface area contributed by atoms with Crippen LogP contribution in [0.1, 0.15) is 41.7 Å². The maximum absolute atomic E-state index is 9.54. The minimum atomic E-state index is -1.49. The number of nitrogens with zero attached hydrogens (tertiary/aromatic N) is 1. The number of fused-ring (bicyclic) bond motifs is 3. The largest absolute Gasteiger partial charge is 0.488 e. The fourth-order valence-electron chi connectivity index (χ4n) is 7.27. The molecule has 0 spiro atoms. The van der Waals surface area contributed by atoms with Gasteiger partial charge in [0.15, 0.2) is 5.66 Å². The Morgan fingerprint density at radius 3 is 1.77 bits per heavy atom. The van der Waals surface area contributed by atoms with Gasteiger partial charge in [0, 0.05) is 28.5 Å². The zero-order valence-electron chi connectivity index (χ0n) is 26.9. The van der Waals surface area contributed by atoms with E-state index in [0.29, 0.717) is 5.46 Å². The fraction of sp³-hybridized carbons (Fsp3) is 0.0930. The van der Waals surface area contributed by atoms with Crippen LogP contribution in [-0.2, 0) is 11.1 Å². The van der Waals surface area contributed by atoms with Crippen molar-refractivity contribution in [3.63, 3.8) is 0 Å². The molecule has 1 heterocycles. The van der Waals surface area contributed by atoms with Crippen LogP contribution in [-0.4, -0.2) is 23.4 Å². The molecule has 1 atom stereocenters. The van der Waals surface area contributed by atoms with E-state index in [2.05, 4.69) is 141 Å². The van der Waals surface area contributed by atoms with Gasteiger partial charge in [0.05, 0.1) is 0 Å². The van der Waals surface area contributed by atoms with Gasteiger partial charge in [0.1, 0.15) is 0 Å². The molecule has 1 aliphatic carbocycles. The SMILES string of the molecule is CC1(C)c2ccccc2-c2ccc(C3(c4ccc(-c5ccc(B(O)O)cc5)cc4)N=CC=C(c4ccc(-c5ccccc5)cc4)N3)cc21. The summed E-state index contributed by atoms with van der Waals surface area (Å²) < 4.78 is 0. The number of aliphatic imine (C=N–C) groups is 1. The Bertz CT molecular complexity index is 2190. The zero-order valence-corrected chi connectivity index (χ0v) is 26.9. The van der Waals surface area contributed by atoms with E-state index < -0.39 is 12.8 Å². The first-order chi connectivity index (χ1) is 23.3. The minimum Gasteiger partial charge on any atom is -0.423 e. The number of rotatable bonds is 6. The molecule has 0 fully saturated rings. The van der Waals surface area contributed by atoms with Gasteiger partial charge >= 0.3 is 7.12 Å². The summed E-state index contributed by atoms with van der Waals surface area (Å²) in [6.07, 6.45) is 3.98. The first-order valence-electron chi connectivity index (χ1n) is 16.3. The third-order valence-corrected chi connectivity index (χ3v) is 9.97. The normalized spacial score (nSPS) is 17.2. The van der Waals surface area contributed by atoms with Gasteiger partial charge in [0.25, 0.3) is 0 Å². The first-order valence-corrected chi connectivity index (χ1v) is 16.3. The molecule has 8 rings (SSSR count). The summed E-state index contributed by atoms with van der Waals surface area (Å²) in [5.41, 5.74) is 13.2. The fourth-order valence-corrected chi connectivity index (χ4v) is 7.27. The van der Waals surface area contributed by atoms with Crippen LogP contribution < -0.4 is 10.8 Å². The Balaban J connectivity index is 1.21. The van der Waals surface area contributed by atoms with Crippen LogP contribution in [0.2, 0.25) is 0 Å². The summed E-state index contributed by atoms with van der Waals surface area (Å²) in [7, 11) is -1.49. The predicted molar refractivity (Wildman–Crippen MR) is 198 cm³/mol. The van der Waals surface area contributed by atoms with Crippen molar-refractivity contribution in [2.45, 2.75) is 24.9 Å². The lowest BCUT2D eigenvalue weighted by atomic mass is 9.79. The van der Waals surface area contributed by atoms with E-state index in [-0.39, 0.29) is 5.41 Å². The van der Waals surface area contributed by atoms with Crippen LogP contribution in [0.4, 0.5) is 0 Å². The van der Waals surface area contributed by atoms with Gasteiger partial charge in [-0.1, -0.05) is 153 Å². The van der Waals surface area contributed by atoms with Crippen molar-refractivity contribution in [2.75, 3.05) is 0 Å². The molecule has 4 nitrogen and oxygen atoms in total. The molecule has 0 saturated heterocycles. The van der Waals surface area contributed by atoms with Gasteiger partial charge in [-0.05, 0) is 67.7 Å². The molecule has 2 aliphatic rings. The molecule has 1 aliphatic heterocycles. The summed E-state index contributed by atoms with van der Waals surface area (Å²) in [6, 6.07) is 50.5. The van der Waals surface area contributed by atoms with Gasteiger partial charge < -0.3 is 15.4 Å². The highest BCUT2D eigenvalue weighted by molar-refractivity contribution is 6.58. The van der Waals surface area contributed by atoms with Crippen molar-refractivity contribution in [2.24, 2.45) is 4.99 Å². The van der Waals surface area contributed by atoms with Gasteiger partial charge in [-0.25, -0.2) is 0 Å². The molecule has 0 saturated carbocycles. The molecule has 232 valence electrons. The topological polar surface area (TPSA) is 64.8 Å². The third kappa shape index (κ3) is 5.00. The van der Waals surface area contributed by atoms with Crippen LogP contribution in [0.25, 0.3) is 39.1 Å². The van der Waals surface area contributed by atoms with Crippen LogP contribution in [0.15, 0.2) is 157 Å². The number of hydrogen-bond acceptors (Lipinski definition) is 4. The summed E-state index contributed by atoms with van der Waals surface area (Å²) in [5.74, 6) is 0. The number of hydrogen-bond donors (Lipinski definition) is 3. The van der Waals surface area contributed by atoms with E-state index in [4.69, 9.17) is 4.99 Å². The van der Waals surface area contributed by atoms with Crippen molar-refractivity contribution >= 4 is 24.5 Å². The van der Waals surface area contributed by atoms with Crippen molar-refractivity contribution in [1.82, 2.24) is 5.32 Å². The smallest absolute Gasteiger partial charge is 0.423 e. The lowest BCUT2D eigenvalue weighted by molar-refractivity contribution is 0.426. The van der Waals surface area contributed by atoms with E-state index in [9.17, 15) is 10.0 Å². The zero-order chi connectivity index (χ0) is 32.9. The standard InChI is InChI=1S/C43H35BN2O2/c1-42(2)39-11-7-6-10-37(39)38-25-22-35(28-40(38)42)43(34-20-16-31(17-21-34)32-18-23-36(24-19-32)44(47)48)45-27-26-41(46-43)33-14-12-30(13-15-33)29-8-4-3-5-9-29/h3-28,46-48H,1-2H3. The van der Waals surface area contributed by atoms with E-state index in [1.54, 1.807) is 12.1 Å². The molecule has 1 unspecified atom stereocenters. The maximum Gasteiger partial charge on any atom is 0.488 e. The Morgan fingerprint density at radius 1 is 0.542 bits per heavy atom. The lowest BCUT2D eigenvalue weighted by Crippen LogP contribution is -2.42. The summed E-state index contributed by atoms with van der Waals surface area (Å²) >= 11 is 0. The summed E-state index contributed by atoms with van der Waals surface area (Å²) in [4.78, 5) is 5.23. The average molecular weight is 623 g/mol. The minimum absolute atomic E-state index is 0.147. The third-order valence-electron chi connectivity index (χ3n) is 9.97. The second-order valence-electron chi connectivity index (χ2n) is 13.1. The van der Waals surface area contributed by atoms with Gasteiger partial charge in [-0.2, -0.15) is 0 Å². The average Bonchev–Trinajstić information content (AvgIpc) is 3.38. The van der Waals surface area contributed by atoms with E-state index >= 15 is 0 Å². The molecule has 6 aromatic rings. The number of allylic oxidation sites excluding steroid dienone is 1. The number of benzene rings is 6. The monoisotopic (exact) mass is 622 g/mol. The van der Waals surface area contributed by atoms with Gasteiger partial charge in [-0.3, -0.25) is 4.99 Å². The Hall–Kier alpha value is -5.49. The molecule has 0 amide bonds. The molecule has 0 bridgehead atoms. The molecule has 0 aromatic heterocycles. The Morgan fingerprint density at radius 2 is 1.08 bits per heavy atom. The highest BCUT2D eigenvalue weighted by Gasteiger charge is 2.40. The van der Waals surface area contributed by atoms with Crippen LogP contribution >= 0.6 is 0 Å². The van der Waals surface area contributed by atoms with E-state index in [1.165, 1.54) is 33.4 Å². The summed E-state index contributed by atoms with van der Waals surface area (Å²) in [6.45, 7) is 4.61. The Kier molecular flexibility index (Phi) is 7.25. The van der Waals surface area contributed by atoms with Crippen molar-refractivity contribution in [3.8, 4) is 33.4 Å². The van der Waals surface area contributed by atoms with E-state index in [0.717, 1.165) is 33.5 Å². The van der Waals surface area contributed by atoms with Crippen LogP contribution in [0.5, 0.6) is 0 Å². The van der Waals surface area contributed by atoms with E-state index in [1.807, 2.05) is 24.4 Å². The molecule has 3 N–H and O–H groups in total. The van der Waals surface area contributed by atoms with Gasteiger partial charge in [-0.15, -0.1) is 0 Å². The Labute approximate surface area is 281 Å². The van der Waals surface area contributed by atoms with Crippen molar-refractivity contribution < 1.29 is 10.0 Å². The highest BCUT2D eigenvalue weighted by Crippen LogP contribution is 2.50. The second-order valence-corrected chi connectivity index (χ2v) is 13.1. The van der Waals surface area contributed by atoms with Crippen LogP contribution in [0, 0.1) is 0 Å². The second kappa shape index (κ2) is 11.6. The number of nitrogens with one attached hydrogen (secondary N) is 1. The molecule has 6 aromatic carbocycles. The molecule has 5 heteroatoms. The molecule has 48 heavy (non-hydrogen) atoms. The predicted octanol–water partition coefficient (Wildman–Crippen LogP) is 7.92. The molecular formula is C43H35BN2O2.